The van der Waals surface area contributed by atoms with E-state index in [2.05, 4.69) is 13.8 Å². The molecule has 39 heavy (non-hydrogen) atoms. The van der Waals surface area contributed by atoms with E-state index in [-0.39, 0.29) is 55.7 Å². The molecule has 230 valence electrons. The number of esters is 4. The summed E-state index contributed by atoms with van der Waals surface area (Å²) in [4.78, 5) is 45.4. The van der Waals surface area contributed by atoms with E-state index >= 15 is 0 Å². The van der Waals surface area contributed by atoms with E-state index in [0.717, 1.165) is 32.1 Å². The number of carbonyl (C=O) groups is 4. The zero-order chi connectivity index (χ0) is 29.7. The molecule has 0 N–H and O–H groups in total. The van der Waals surface area contributed by atoms with E-state index in [1.54, 1.807) is 0 Å². The third kappa shape index (κ3) is 32.0. The van der Waals surface area contributed by atoms with Gasteiger partial charge >= 0.3 is 23.9 Å². The highest BCUT2D eigenvalue weighted by atomic mass is 16.5. The van der Waals surface area contributed by atoms with E-state index in [4.69, 9.17) is 18.9 Å². The van der Waals surface area contributed by atoms with Crippen molar-refractivity contribution in [1.82, 2.24) is 0 Å². The Labute approximate surface area is 238 Å². The lowest BCUT2D eigenvalue weighted by molar-refractivity contribution is -0.153. The lowest BCUT2D eigenvalue weighted by Gasteiger charge is -2.10. The molecule has 0 spiro atoms. The first-order valence-corrected chi connectivity index (χ1v) is 15.3. The predicted molar refractivity (Wildman–Crippen MR) is 154 cm³/mol. The summed E-state index contributed by atoms with van der Waals surface area (Å²) < 4.78 is 20.2. The first-order chi connectivity index (χ1) is 18.7. The first kappa shape index (κ1) is 39.0. The van der Waals surface area contributed by atoms with Crippen molar-refractivity contribution >= 4 is 23.9 Å². The van der Waals surface area contributed by atoms with Gasteiger partial charge in [-0.2, -0.15) is 0 Å². The highest BCUT2D eigenvalue weighted by Gasteiger charge is 2.12. The van der Waals surface area contributed by atoms with Crippen molar-refractivity contribution < 1.29 is 38.1 Å². The molecule has 0 aliphatic carbocycles. The molecule has 0 aliphatic rings. The summed E-state index contributed by atoms with van der Waals surface area (Å²) in [5.74, 6) is -0.945. The fourth-order valence-corrected chi connectivity index (χ4v) is 3.21. The quantitative estimate of drug-likeness (QED) is 0.0721. The molecule has 0 aromatic carbocycles. The van der Waals surface area contributed by atoms with Crippen LogP contribution >= 0.6 is 0 Å². The second-order valence-electron chi connectivity index (χ2n) is 10.4. The van der Waals surface area contributed by atoms with Crippen LogP contribution in [0.15, 0.2) is 0 Å². The molecule has 1 unspecified atom stereocenters. The van der Waals surface area contributed by atoms with Crippen LogP contribution in [0, 0.1) is 5.92 Å². The number of carbonyl (C=O) groups excluding carboxylic acids is 4. The summed E-state index contributed by atoms with van der Waals surface area (Å²) in [6.45, 7) is 13.4. The van der Waals surface area contributed by atoms with Crippen LogP contribution in [0.25, 0.3) is 0 Å². The highest BCUT2D eigenvalue weighted by molar-refractivity contribution is 5.78. The lowest BCUT2D eigenvalue weighted by Crippen LogP contribution is -2.15. The SMILES string of the molecule is CCCCCCCCOC(=O)CCC(=O)OCC(C)C.CCCCCCCOC(=O)CCC(=O)OC(C)CC. The first-order valence-electron chi connectivity index (χ1n) is 15.3. The van der Waals surface area contributed by atoms with E-state index in [9.17, 15) is 19.2 Å². The van der Waals surface area contributed by atoms with Crippen LogP contribution in [0.3, 0.4) is 0 Å². The number of hydrogen-bond donors (Lipinski definition) is 0. The van der Waals surface area contributed by atoms with Gasteiger partial charge in [0.1, 0.15) is 0 Å². The molecule has 0 saturated heterocycles. The number of ether oxygens (including phenoxy) is 4. The second kappa shape index (κ2) is 28.9. The van der Waals surface area contributed by atoms with E-state index in [0.29, 0.717) is 25.7 Å². The number of rotatable bonds is 23. The molecule has 8 heteroatoms. The molecule has 0 amide bonds. The Kier molecular flexibility index (Phi) is 28.9. The molecule has 0 aromatic rings. The maximum absolute atomic E-state index is 11.4. The molecule has 0 rings (SSSR count). The van der Waals surface area contributed by atoms with Crippen LogP contribution in [0.5, 0.6) is 0 Å². The molecule has 0 radical (unpaired) electrons. The fourth-order valence-electron chi connectivity index (χ4n) is 3.21. The Hall–Kier alpha value is -2.12. The summed E-state index contributed by atoms with van der Waals surface area (Å²) in [5.41, 5.74) is 0. The van der Waals surface area contributed by atoms with Crippen molar-refractivity contribution in [1.29, 1.82) is 0 Å². The zero-order valence-electron chi connectivity index (χ0n) is 25.9. The van der Waals surface area contributed by atoms with Crippen molar-refractivity contribution in [2.24, 2.45) is 5.92 Å². The molecule has 0 aromatic heterocycles. The molecule has 8 nitrogen and oxygen atoms in total. The van der Waals surface area contributed by atoms with Crippen LogP contribution in [-0.2, 0) is 38.1 Å². The van der Waals surface area contributed by atoms with Gasteiger partial charge in [-0.3, -0.25) is 19.2 Å². The van der Waals surface area contributed by atoms with Gasteiger partial charge in [0.25, 0.3) is 0 Å². The number of unbranched alkanes of at least 4 members (excludes halogenated alkanes) is 9. The van der Waals surface area contributed by atoms with Crippen molar-refractivity contribution in [2.45, 2.75) is 150 Å². The Bertz CT molecular complexity index is 618. The Morgan fingerprint density at radius 3 is 1.31 bits per heavy atom. The molecular formula is C31H58O8. The standard InChI is InChI=1S/C16H30O4.C15H28O4/c1-4-5-6-7-8-9-12-19-15(17)10-11-16(18)20-13-14(2)3;1-4-6-7-8-9-12-18-14(16)10-11-15(17)19-13(3)5-2/h14H,4-13H2,1-3H3;13H,4-12H2,1-3H3. The average Bonchev–Trinajstić information content (AvgIpc) is 2.91. The van der Waals surface area contributed by atoms with Crippen LogP contribution in [0.2, 0.25) is 0 Å². The molecule has 1 atom stereocenters. The summed E-state index contributed by atoms with van der Waals surface area (Å²) >= 11 is 0. The van der Waals surface area contributed by atoms with Gasteiger partial charge in [-0.1, -0.05) is 92.4 Å². The van der Waals surface area contributed by atoms with Crippen LogP contribution in [0.1, 0.15) is 144 Å². The van der Waals surface area contributed by atoms with Gasteiger partial charge in [0.2, 0.25) is 0 Å². The predicted octanol–water partition coefficient (Wildman–Crippen LogP) is 7.49. The molecule has 0 saturated carbocycles. The second-order valence-corrected chi connectivity index (χ2v) is 10.4. The van der Waals surface area contributed by atoms with Gasteiger partial charge in [-0.25, -0.2) is 0 Å². The summed E-state index contributed by atoms with van der Waals surface area (Å²) in [6, 6.07) is 0. The van der Waals surface area contributed by atoms with Gasteiger partial charge in [0.15, 0.2) is 0 Å². The van der Waals surface area contributed by atoms with Crippen molar-refractivity contribution in [3.63, 3.8) is 0 Å². The van der Waals surface area contributed by atoms with Gasteiger partial charge in [-0.05, 0) is 32.1 Å². The molecular weight excluding hydrogens is 500 g/mol. The van der Waals surface area contributed by atoms with Gasteiger partial charge in [-0.15, -0.1) is 0 Å². The Balaban J connectivity index is 0. The van der Waals surface area contributed by atoms with E-state index < -0.39 is 0 Å². The minimum absolute atomic E-state index is 0.0814. The largest absolute Gasteiger partial charge is 0.466 e. The molecule has 0 fully saturated rings. The van der Waals surface area contributed by atoms with Crippen LogP contribution in [0.4, 0.5) is 0 Å². The van der Waals surface area contributed by atoms with Crippen LogP contribution < -0.4 is 0 Å². The van der Waals surface area contributed by atoms with E-state index in [1.165, 1.54) is 44.9 Å². The highest BCUT2D eigenvalue weighted by Crippen LogP contribution is 2.07. The minimum atomic E-state index is -0.325. The Morgan fingerprint density at radius 1 is 0.513 bits per heavy atom. The third-order valence-electron chi connectivity index (χ3n) is 5.82. The van der Waals surface area contributed by atoms with Crippen molar-refractivity contribution in [3.8, 4) is 0 Å². The maximum atomic E-state index is 11.4. The van der Waals surface area contributed by atoms with Crippen molar-refractivity contribution in [3.05, 3.63) is 0 Å². The third-order valence-corrected chi connectivity index (χ3v) is 5.82. The van der Waals surface area contributed by atoms with Crippen molar-refractivity contribution in [2.75, 3.05) is 19.8 Å². The Morgan fingerprint density at radius 2 is 0.897 bits per heavy atom. The van der Waals surface area contributed by atoms with Gasteiger partial charge in [0, 0.05) is 0 Å². The number of hydrogen-bond acceptors (Lipinski definition) is 8. The summed E-state index contributed by atoms with van der Waals surface area (Å²) in [7, 11) is 0. The zero-order valence-corrected chi connectivity index (χ0v) is 25.9. The minimum Gasteiger partial charge on any atom is -0.466 e. The summed E-state index contributed by atoms with van der Waals surface area (Å²) in [5, 5.41) is 0. The average molecular weight is 559 g/mol. The topological polar surface area (TPSA) is 105 Å². The fraction of sp³-hybridized carbons (Fsp3) is 0.871. The summed E-state index contributed by atoms with van der Waals surface area (Å²) in [6.07, 6.45) is 13.8. The maximum Gasteiger partial charge on any atom is 0.306 e. The van der Waals surface area contributed by atoms with Gasteiger partial charge in [0.05, 0.1) is 51.6 Å². The van der Waals surface area contributed by atoms with Gasteiger partial charge < -0.3 is 18.9 Å². The smallest absolute Gasteiger partial charge is 0.306 e. The van der Waals surface area contributed by atoms with E-state index in [1.807, 2.05) is 27.7 Å². The molecule has 0 heterocycles. The van der Waals surface area contributed by atoms with Crippen LogP contribution in [-0.4, -0.2) is 49.8 Å². The molecule has 0 aliphatic heterocycles. The normalized spacial score (nSPS) is 11.3. The molecule has 0 bridgehead atoms. The lowest BCUT2D eigenvalue weighted by atomic mass is 10.1. The monoisotopic (exact) mass is 558 g/mol.